The van der Waals surface area contributed by atoms with Crippen LogP contribution in [0.25, 0.3) is 0 Å². The lowest BCUT2D eigenvalue weighted by molar-refractivity contribution is -0.134. The molecule has 3 aliphatic rings. The van der Waals surface area contributed by atoms with Crippen molar-refractivity contribution in [2.45, 2.75) is 63.6 Å². The van der Waals surface area contributed by atoms with E-state index in [1.165, 1.54) is 11.1 Å². The summed E-state index contributed by atoms with van der Waals surface area (Å²) in [5.41, 5.74) is 2.47. The number of carbonyl (C=O) groups excluding carboxylic acids is 1. The predicted octanol–water partition coefficient (Wildman–Crippen LogP) is 4.27. The van der Waals surface area contributed by atoms with Crippen LogP contribution in [0.3, 0.4) is 0 Å². The molecule has 2 aromatic rings. The van der Waals surface area contributed by atoms with Gasteiger partial charge in [-0.25, -0.2) is 0 Å². The maximum atomic E-state index is 13.4. The first-order chi connectivity index (χ1) is 15.7. The predicted molar refractivity (Wildman–Crippen MR) is 127 cm³/mol. The van der Waals surface area contributed by atoms with Gasteiger partial charge in [0.1, 0.15) is 0 Å². The molecule has 5 rings (SSSR count). The molecule has 170 valence electrons. The van der Waals surface area contributed by atoms with Gasteiger partial charge in [-0.1, -0.05) is 60.7 Å². The summed E-state index contributed by atoms with van der Waals surface area (Å²) in [5, 5.41) is 10.4. The molecule has 4 nitrogen and oxygen atoms in total. The number of amides is 1. The second kappa shape index (κ2) is 9.36. The highest BCUT2D eigenvalue weighted by Crippen LogP contribution is 2.51. The lowest BCUT2D eigenvalue weighted by Crippen LogP contribution is -2.44. The second-order valence-electron chi connectivity index (χ2n) is 10.3. The standard InChI is InChI=1S/C28H36N2O2/c31-21-28(18-23-7-3-1-4-8-23)19-25-11-12-26(28)30(25)27(32)17-22-13-15-29(16-14-22)20-24-9-5-2-6-10-24/h1-10,22,25-26,31H,11-21H2/t25-,26+,28-/m1/s1. The lowest BCUT2D eigenvalue weighted by Gasteiger charge is -2.37. The number of hydrogen-bond acceptors (Lipinski definition) is 3. The Morgan fingerprint density at radius 1 is 0.906 bits per heavy atom. The zero-order valence-corrected chi connectivity index (χ0v) is 19.0. The Bertz CT molecular complexity index is 894. The quantitative estimate of drug-likeness (QED) is 0.710. The fraction of sp³-hybridized carbons (Fsp3) is 0.536. The van der Waals surface area contributed by atoms with Gasteiger partial charge < -0.3 is 10.0 Å². The van der Waals surface area contributed by atoms with Crippen molar-refractivity contribution in [3.05, 3.63) is 71.8 Å². The fourth-order valence-electron chi connectivity index (χ4n) is 6.63. The van der Waals surface area contributed by atoms with Gasteiger partial charge in [-0.05, 0) is 68.7 Å². The van der Waals surface area contributed by atoms with Crippen LogP contribution in [0.2, 0.25) is 0 Å². The maximum Gasteiger partial charge on any atom is 0.223 e. The monoisotopic (exact) mass is 432 g/mol. The van der Waals surface area contributed by atoms with Gasteiger partial charge in [0.05, 0.1) is 6.61 Å². The summed E-state index contributed by atoms with van der Waals surface area (Å²) < 4.78 is 0. The molecule has 0 unspecified atom stereocenters. The van der Waals surface area contributed by atoms with Gasteiger partial charge in [0, 0.05) is 30.5 Å². The van der Waals surface area contributed by atoms with Gasteiger partial charge in [0.25, 0.3) is 0 Å². The molecule has 1 N–H and O–H groups in total. The third-order valence-corrected chi connectivity index (χ3v) is 8.27. The molecule has 3 atom stereocenters. The minimum atomic E-state index is -0.168. The molecule has 0 aromatic heterocycles. The average Bonchev–Trinajstić information content (AvgIpc) is 3.38. The minimum Gasteiger partial charge on any atom is -0.396 e. The van der Waals surface area contributed by atoms with Crippen LogP contribution < -0.4 is 0 Å². The summed E-state index contributed by atoms with van der Waals surface area (Å²) in [6.07, 6.45) is 6.85. The van der Waals surface area contributed by atoms with Crippen LogP contribution in [0, 0.1) is 11.3 Å². The van der Waals surface area contributed by atoms with E-state index in [1.807, 2.05) is 6.07 Å². The number of aliphatic hydroxyl groups is 1. The molecule has 0 saturated carbocycles. The Morgan fingerprint density at radius 3 is 2.22 bits per heavy atom. The van der Waals surface area contributed by atoms with Crippen LogP contribution in [0.4, 0.5) is 0 Å². The van der Waals surface area contributed by atoms with Crippen LogP contribution in [-0.4, -0.2) is 52.6 Å². The summed E-state index contributed by atoms with van der Waals surface area (Å²) in [6.45, 7) is 3.34. The van der Waals surface area contributed by atoms with Crippen molar-refractivity contribution in [1.29, 1.82) is 0 Å². The third kappa shape index (κ3) is 4.35. The summed E-state index contributed by atoms with van der Waals surface area (Å²) in [5.74, 6) is 0.828. The van der Waals surface area contributed by atoms with Gasteiger partial charge in [0.2, 0.25) is 5.91 Å². The molecule has 3 saturated heterocycles. The Morgan fingerprint density at radius 2 is 1.56 bits per heavy atom. The lowest BCUT2D eigenvalue weighted by atomic mass is 9.70. The second-order valence-corrected chi connectivity index (χ2v) is 10.3. The Kier molecular flexibility index (Phi) is 6.34. The first-order valence-corrected chi connectivity index (χ1v) is 12.4. The molecule has 4 heteroatoms. The summed E-state index contributed by atoms with van der Waals surface area (Å²) >= 11 is 0. The summed E-state index contributed by atoms with van der Waals surface area (Å²) in [4.78, 5) is 18.2. The van der Waals surface area contributed by atoms with Gasteiger partial charge >= 0.3 is 0 Å². The molecule has 3 fully saturated rings. The Hall–Kier alpha value is -2.17. The zero-order valence-electron chi connectivity index (χ0n) is 19.0. The molecule has 3 aliphatic heterocycles. The smallest absolute Gasteiger partial charge is 0.223 e. The van der Waals surface area contributed by atoms with E-state index in [9.17, 15) is 9.90 Å². The molecular weight excluding hydrogens is 396 g/mol. The number of benzene rings is 2. The number of likely N-dealkylation sites (tertiary alicyclic amines) is 1. The van der Waals surface area contributed by atoms with E-state index in [4.69, 9.17) is 0 Å². The highest BCUT2D eigenvalue weighted by Gasteiger charge is 2.56. The van der Waals surface area contributed by atoms with Crippen molar-refractivity contribution in [1.82, 2.24) is 9.80 Å². The summed E-state index contributed by atoms with van der Waals surface area (Å²) in [7, 11) is 0. The zero-order chi connectivity index (χ0) is 22.0. The number of nitrogens with zero attached hydrogens (tertiary/aromatic N) is 2. The van der Waals surface area contributed by atoms with E-state index in [2.05, 4.69) is 64.4 Å². The molecule has 32 heavy (non-hydrogen) atoms. The first kappa shape index (κ1) is 21.7. The van der Waals surface area contributed by atoms with Gasteiger partial charge in [-0.3, -0.25) is 9.69 Å². The van der Waals surface area contributed by atoms with Crippen molar-refractivity contribution in [3.8, 4) is 0 Å². The number of piperidine rings is 1. The largest absolute Gasteiger partial charge is 0.396 e. The summed E-state index contributed by atoms with van der Waals surface area (Å²) in [6, 6.07) is 21.7. The molecule has 0 radical (unpaired) electrons. The Labute approximate surface area is 192 Å². The van der Waals surface area contributed by atoms with Crippen molar-refractivity contribution >= 4 is 5.91 Å². The van der Waals surface area contributed by atoms with Gasteiger partial charge in [0.15, 0.2) is 0 Å². The van der Waals surface area contributed by atoms with Crippen LogP contribution in [-0.2, 0) is 17.8 Å². The van der Waals surface area contributed by atoms with E-state index >= 15 is 0 Å². The van der Waals surface area contributed by atoms with Crippen LogP contribution in [0.15, 0.2) is 60.7 Å². The highest BCUT2D eigenvalue weighted by atomic mass is 16.3. The SMILES string of the molecule is O=C(CC1CCN(Cc2ccccc2)CC1)N1[C@@H]2CC[C@H]1[C@](CO)(Cc1ccccc1)C2. The van der Waals surface area contributed by atoms with E-state index in [1.54, 1.807) is 0 Å². The number of hydrogen-bond donors (Lipinski definition) is 1. The molecular formula is C28H36N2O2. The van der Waals surface area contributed by atoms with Crippen molar-refractivity contribution in [2.75, 3.05) is 19.7 Å². The van der Waals surface area contributed by atoms with E-state index in [-0.39, 0.29) is 18.1 Å². The van der Waals surface area contributed by atoms with Crippen LogP contribution >= 0.6 is 0 Å². The van der Waals surface area contributed by atoms with Crippen LogP contribution in [0.5, 0.6) is 0 Å². The number of rotatable bonds is 7. The number of fused-ring (bicyclic) bond motifs is 2. The highest BCUT2D eigenvalue weighted by molar-refractivity contribution is 5.78. The minimum absolute atomic E-state index is 0.168. The van der Waals surface area contributed by atoms with Gasteiger partial charge in [-0.2, -0.15) is 0 Å². The maximum absolute atomic E-state index is 13.4. The molecule has 3 heterocycles. The molecule has 1 amide bonds. The van der Waals surface area contributed by atoms with Crippen molar-refractivity contribution in [3.63, 3.8) is 0 Å². The number of aliphatic hydroxyl groups excluding tert-OH is 1. The van der Waals surface area contributed by atoms with Crippen molar-refractivity contribution < 1.29 is 9.90 Å². The molecule has 2 bridgehead atoms. The van der Waals surface area contributed by atoms with E-state index in [0.29, 0.717) is 24.3 Å². The third-order valence-electron chi connectivity index (χ3n) is 8.27. The normalized spacial score (nSPS) is 28.3. The first-order valence-electron chi connectivity index (χ1n) is 12.4. The Balaban J connectivity index is 1.17. The van der Waals surface area contributed by atoms with Gasteiger partial charge in [-0.15, -0.1) is 0 Å². The average molecular weight is 433 g/mol. The topological polar surface area (TPSA) is 43.8 Å². The fourth-order valence-corrected chi connectivity index (χ4v) is 6.63. The molecule has 2 aromatic carbocycles. The van der Waals surface area contributed by atoms with E-state index in [0.717, 1.165) is 58.2 Å². The number of carbonyl (C=O) groups is 1. The van der Waals surface area contributed by atoms with E-state index < -0.39 is 0 Å². The molecule has 0 spiro atoms. The van der Waals surface area contributed by atoms with Crippen molar-refractivity contribution in [2.24, 2.45) is 11.3 Å². The van der Waals surface area contributed by atoms with Crippen LogP contribution in [0.1, 0.15) is 49.7 Å². The molecule has 0 aliphatic carbocycles.